The van der Waals surface area contributed by atoms with Crippen LogP contribution < -0.4 is 10.5 Å². The van der Waals surface area contributed by atoms with Crippen LogP contribution in [0.5, 0.6) is 5.75 Å². The van der Waals surface area contributed by atoms with Gasteiger partial charge in [0.25, 0.3) is 0 Å². The molecule has 0 spiro atoms. The second-order valence-corrected chi connectivity index (χ2v) is 5.89. The van der Waals surface area contributed by atoms with Gasteiger partial charge in [-0.2, -0.15) is 0 Å². The van der Waals surface area contributed by atoms with Crippen LogP contribution in [-0.2, 0) is 6.42 Å². The Morgan fingerprint density at radius 1 is 1.21 bits per heavy atom. The van der Waals surface area contributed by atoms with E-state index in [4.69, 9.17) is 33.7 Å². The average molecular weight is 304 g/mol. The highest BCUT2D eigenvalue weighted by Crippen LogP contribution is 2.33. The Morgan fingerprint density at radius 3 is 2.37 bits per heavy atom. The van der Waals surface area contributed by atoms with Gasteiger partial charge in [-0.25, -0.2) is 0 Å². The smallest absolute Gasteiger partial charge is 0.141 e. The zero-order chi connectivity index (χ0) is 14.4. The first-order chi connectivity index (χ1) is 8.97. The maximum atomic E-state index is 6.24. The normalized spacial score (nSPS) is 12.8. The largest absolute Gasteiger partial charge is 0.491 e. The standard InChI is InChI=1S/C15H23Cl2NO/c1-4-11(5-2)9-19-15-12(6-10(3)18)7-13(16)8-14(15)17/h7-8,10-11H,4-6,9,18H2,1-3H3. The Balaban J connectivity index is 2.90. The van der Waals surface area contributed by atoms with Crippen molar-refractivity contribution in [1.29, 1.82) is 0 Å². The van der Waals surface area contributed by atoms with Crippen molar-refractivity contribution < 1.29 is 4.74 Å². The third kappa shape index (κ3) is 5.21. The van der Waals surface area contributed by atoms with Gasteiger partial charge in [-0.1, -0.05) is 49.9 Å². The first-order valence-electron chi connectivity index (χ1n) is 6.84. The Hall–Kier alpha value is -0.440. The van der Waals surface area contributed by atoms with Crippen molar-refractivity contribution in [1.82, 2.24) is 0 Å². The molecule has 2 nitrogen and oxygen atoms in total. The van der Waals surface area contributed by atoms with E-state index < -0.39 is 0 Å². The summed E-state index contributed by atoms with van der Waals surface area (Å²) in [7, 11) is 0. The number of benzene rings is 1. The van der Waals surface area contributed by atoms with Gasteiger partial charge in [-0.15, -0.1) is 0 Å². The lowest BCUT2D eigenvalue weighted by molar-refractivity contribution is 0.238. The van der Waals surface area contributed by atoms with E-state index in [9.17, 15) is 0 Å². The molecule has 1 atom stereocenters. The molecule has 0 bridgehead atoms. The zero-order valence-corrected chi connectivity index (χ0v) is 13.4. The Kier molecular flexibility index (Phi) is 6.98. The number of halogens is 2. The van der Waals surface area contributed by atoms with Crippen LogP contribution >= 0.6 is 23.2 Å². The molecule has 1 unspecified atom stereocenters. The average Bonchev–Trinajstić information content (AvgIpc) is 2.32. The van der Waals surface area contributed by atoms with Crippen LogP contribution in [0.2, 0.25) is 10.0 Å². The summed E-state index contributed by atoms with van der Waals surface area (Å²) in [6.07, 6.45) is 2.91. The predicted molar refractivity (Wildman–Crippen MR) is 83.4 cm³/mol. The van der Waals surface area contributed by atoms with Crippen LogP contribution in [0.3, 0.4) is 0 Å². The maximum absolute atomic E-state index is 6.24. The minimum atomic E-state index is 0.0463. The number of rotatable bonds is 7. The first-order valence-corrected chi connectivity index (χ1v) is 7.59. The van der Waals surface area contributed by atoms with Crippen molar-refractivity contribution >= 4 is 23.2 Å². The van der Waals surface area contributed by atoms with E-state index in [2.05, 4.69) is 13.8 Å². The molecule has 0 radical (unpaired) electrons. The minimum Gasteiger partial charge on any atom is -0.491 e. The predicted octanol–water partition coefficient (Wildman–Crippen LogP) is 4.70. The molecule has 2 N–H and O–H groups in total. The van der Waals surface area contributed by atoms with Crippen molar-refractivity contribution in [2.75, 3.05) is 6.61 Å². The fourth-order valence-electron chi connectivity index (χ4n) is 2.00. The molecule has 1 rings (SSSR count). The lowest BCUT2D eigenvalue weighted by Crippen LogP contribution is -2.19. The van der Waals surface area contributed by atoms with Crippen molar-refractivity contribution in [2.45, 2.75) is 46.1 Å². The molecule has 4 heteroatoms. The summed E-state index contributed by atoms with van der Waals surface area (Å²) in [5.41, 5.74) is 6.84. The number of hydrogen-bond acceptors (Lipinski definition) is 2. The van der Waals surface area contributed by atoms with Crippen LogP contribution in [0.15, 0.2) is 12.1 Å². The molecule has 0 aromatic heterocycles. The molecule has 1 aromatic rings. The second kappa shape index (κ2) is 7.98. The number of hydrogen-bond donors (Lipinski definition) is 1. The van der Waals surface area contributed by atoms with Crippen LogP contribution in [0.4, 0.5) is 0 Å². The summed E-state index contributed by atoms with van der Waals surface area (Å²) in [6.45, 7) is 6.98. The van der Waals surface area contributed by atoms with E-state index in [1.807, 2.05) is 13.0 Å². The van der Waals surface area contributed by atoms with E-state index in [0.717, 1.165) is 24.2 Å². The molecule has 0 amide bonds. The third-order valence-corrected chi connectivity index (χ3v) is 3.74. The lowest BCUT2D eigenvalue weighted by Gasteiger charge is -2.18. The highest BCUT2D eigenvalue weighted by atomic mass is 35.5. The van der Waals surface area contributed by atoms with E-state index in [-0.39, 0.29) is 6.04 Å². The van der Waals surface area contributed by atoms with Crippen molar-refractivity contribution in [3.8, 4) is 5.75 Å². The van der Waals surface area contributed by atoms with Gasteiger partial charge < -0.3 is 10.5 Å². The number of ether oxygens (including phenoxy) is 1. The molecule has 0 heterocycles. The van der Waals surface area contributed by atoms with Gasteiger partial charge in [0.1, 0.15) is 5.75 Å². The van der Waals surface area contributed by atoms with Crippen molar-refractivity contribution in [3.63, 3.8) is 0 Å². The minimum absolute atomic E-state index is 0.0463. The summed E-state index contributed by atoms with van der Waals surface area (Å²) < 4.78 is 5.92. The summed E-state index contributed by atoms with van der Waals surface area (Å²) in [6, 6.07) is 3.65. The quantitative estimate of drug-likeness (QED) is 0.792. The summed E-state index contributed by atoms with van der Waals surface area (Å²) in [5, 5.41) is 1.18. The lowest BCUT2D eigenvalue weighted by atomic mass is 10.0. The third-order valence-electron chi connectivity index (χ3n) is 3.25. The molecule has 0 saturated heterocycles. The van der Waals surface area contributed by atoms with E-state index >= 15 is 0 Å². The van der Waals surface area contributed by atoms with E-state index in [1.54, 1.807) is 6.07 Å². The van der Waals surface area contributed by atoms with Gasteiger partial charge in [0.05, 0.1) is 11.6 Å². The van der Waals surface area contributed by atoms with E-state index in [1.165, 1.54) is 0 Å². The first kappa shape index (κ1) is 16.6. The molecule has 0 saturated carbocycles. The molecule has 0 aliphatic rings. The molecular formula is C15H23Cl2NO. The van der Waals surface area contributed by atoms with Crippen LogP contribution in [-0.4, -0.2) is 12.6 Å². The van der Waals surface area contributed by atoms with Crippen LogP contribution in [0, 0.1) is 5.92 Å². The van der Waals surface area contributed by atoms with Crippen molar-refractivity contribution in [3.05, 3.63) is 27.7 Å². The molecule has 1 aromatic carbocycles. The summed E-state index contributed by atoms with van der Waals surface area (Å²) in [4.78, 5) is 0. The van der Waals surface area contributed by atoms with Gasteiger partial charge in [0.2, 0.25) is 0 Å². The topological polar surface area (TPSA) is 35.2 Å². The molecule has 19 heavy (non-hydrogen) atoms. The summed E-state index contributed by atoms with van der Waals surface area (Å²) >= 11 is 12.3. The van der Waals surface area contributed by atoms with Crippen LogP contribution in [0.25, 0.3) is 0 Å². The van der Waals surface area contributed by atoms with Gasteiger partial charge >= 0.3 is 0 Å². The van der Waals surface area contributed by atoms with Gasteiger partial charge in [-0.3, -0.25) is 0 Å². The Bertz CT molecular complexity index is 403. The van der Waals surface area contributed by atoms with E-state index in [0.29, 0.717) is 29.0 Å². The Morgan fingerprint density at radius 2 is 1.84 bits per heavy atom. The Labute approximate surface area is 126 Å². The molecular weight excluding hydrogens is 281 g/mol. The fraction of sp³-hybridized carbons (Fsp3) is 0.600. The molecule has 108 valence electrons. The summed E-state index contributed by atoms with van der Waals surface area (Å²) in [5.74, 6) is 1.28. The van der Waals surface area contributed by atoms with Gasteiger partial charge in [0.15, 0.2) is 0 Å². The van der Waals surface area contributed by atoms with Crippen molar-refractivity contribution in [2.24, 2.45) is 11.7 Å². The molecule has 0 fully saturated rings. The number of nitrogens with two attached hydrogens (primary N) is 1. The highest BCUT2D eigenvalue weighted by Gasteiger charge is 2.14. The zero-order valence-electron chi connectivity index (χ0n) is 11.9. The second-order valence-electron chi connectivity index (χ2n) is 5.05. The van der Waals surface area contributed by atoms with Crippen LogP contribution in [0.1, 0.15) is 39.2 Å². The fourth-order valence-corrected chi connectivity index (χ4v) is 2.59. The van der Waals surface area contributed by atoms with Gasteiger partial charge in [0, 0.05) is 11.1 Å². The molecule has 0 aliphatic heterocycles. The monoisotopic (exact) mass is 303 g/mol. The van der Waals surface area contributed by atoms with Gasteiger partial charge in [-0.05, 0) is 37.0 Å². The SMILES string of the molecule is CCC(CC)COc1c(Cl)cc(Cl)cc1CC(C)N. The maximum Gasteiger partial charge on any atom is 0.141 e. The highest BCUT2D eigenvalue weighted by molar-refractivity contribution is 6.35. The molecule has 0 aliphatic carbocycles.